The Bertz CT molecular complexity index is 1090. The molecule has 0 aromatic carbocycles. The van der Waals surface area contributed by atoms with Gasteiger partial charge < -0.3 is 24.8 Å². The lowest BCUT2D eigenvalue weighted by atomic mass is 10.1. The molecule has 0 bridgehead atoms. The molecule has 27 heavy (non-hydrogen) atoms. The van der Waals surface area contributed by atoms with Crippen LogP contribution in [0.15, 0.2) is 23.5 Å². The van der Waals surface area contributed by atoms with Gasteiger partial charge in [-0.25, -0.2) is 24.1 Å². The first kappa shape index (κ1) is 17.5. The summed E-state index contributed by atoms with van der Waals surface area (Å²) >= 11 is 0. The summed E-state index contributed by atoms with van der Waals surface area (Å²) in [5.41, 5.74) is -0.273. The summed E-state index contributed by atoms with van der Waals surface area (Å²) in [6.45, 7) is -0.475. The third kappa shape index (κ3) is 2.57. The number of aliphatic hydroxyl groups excluding tert-OH is 3. The van der Waals surface area contributed by atoms with Crippen molar-refractivity contribution in [3.8, 4) is 0 Å². The fourth-order valence-electron chi connectivity index (χ4n) is 3.03. The van der Waals surface area contributed by atoms with Crippen molar-refractivity contribution in [3.05, 3.63) is 34.8 Å². The largest absolute Gasteiger partial charge is 0.464 e. The topological polar surface area (TPSA) is 161 Å². The van der Waals surface area contributed by atoms with Gasteiger partial charge in [0.25, 0.3) is 5.56 Å². The average molecular weight is 377 g/mol. The van der Waals surface area contributed by atoms with Crippen molar-refractivity contribution in [1.82, 2.24) is 23.9 Å². The molecule has 1 aliphatic heterocycles. The van der Waals surface area contributed by atoms with Gasteiger partial charge in [-0.3, -0.25) is 9.36 Å². The number of aromatic nitrogens is 5. The lowest BCUT2D eigenvalue weighted by Crippen LogP contribution is -2.33. The predicted molar refractivity (Wildman–Crippen MR) is 86.9 cm³/mol. The van der Waals surface area contributed by atoms with E-state index in [1.807, 2.05) is 0 Å². The number of rotatable bonds is 3. The molecule has 3 N–H and O–H groups in total. The molecule has 1 saturated heterocycles. The molecule has 4 heterocycles. The quantitative estimate of drug-likeness (QED) is 0.429. The minimum absolute atomic E-state index is 0.0680. The van der Waals surface area contributed by atoms with Crippen LogP contribution in [-0.2, 0) is 9.47 Å². The Morgan fingerprint density at radius 3 is 2.70 bits per heavy atom. The van der Waals surface area contributed by atoms with Crippen LogP contribution in [0.1, 0.15) is 16.7 Å². The van der Waals surface area contributed by atoms with E-state index in [1.165, 1.54) is 24.3 Å². The Hall–Kier alpha value is -2.93. The number of methoxy groups -OCH3 is 1. The highest BCUT2D eigenvalue weighted by Gasteiger charge is 2.44. The maximum atomic E-state index is 12.2. The molecule has 1 aliphatic rings. The number of carbonyl (C=O) groups excluding carboxylic acids is 1. The molecule has 3 aromatic heterocycles. The van der Waals surface area contributed by atoms with E-state index >= 15 is 0 Å². The van der Waals surface area contributed by atoms with E-state index in [0.29, 0.717) is 0 Å². The normalized spacial score (nSPS) is 25.3. The van der Waals surface area contributed by atoms with Gasteiger partial charge in [0.15, 0.2) is 28.7 Å². The number of aliphatic hydroxyl groups is 3. The smallest absolute Gasteiger partial charge is 0.356 e. The van der Waals surface area contributed by atoms with Gasteiger partial charge in [0.2, 0.25) is 0 Å². The van der Waals surface area contributed by atoms with Crippen LogP contribution in [0, 0.1) is 0 Å². The second kappa shape index (κ2) is 6.35. The third-order valence-corrected chi connectivity index (χ3v) is 4.41. The second-order valence-electron chi connectivity index (χ2n) is 5.96. The molecular formula is C15H15N5O7. The summed E-state index contributed by atoms with van der Waals surface area (Å²) in [4.78, 5) is 36.4. The van der Waals surface area contributed by atoms with Crippen LogP contribution in [0.3, 0.4) is 0 Å². The van der Waals surface area contributed by atoms with Crippen molar-refractivity contribution < 1.29 is 29.6 Å². The van der Waals surface area contributed by atoms with Crippen LogP contribution in [0.4, 0.5) is 0 Å². The molecule has 0 spiro atoms. The summed E-state index contributed by atoms with van der Waals surface area (Å²) in [7, 11) is 1.17. The fraction of sp³-hybridized carbons (Fsp3) is 0.400. The van der Waals surface area contributed by atoms with E-state index in [9.17, 15) is 24.9 Å². The van der Waals surface area contributed by atoms with Crippen molar-refractivity contribution in [2.24, 2.45) is 0 Å². The average Bonchev–Trinajstić information content (AvgIpc) is 3.22. The molecule has 3 aromatic rings. The number of ether oxygens (including phenoxy) is 2. The van der Waals surface area contributed by atoms with Crippen molar-refractivity contribution >= 4 is 22.8 Å². The van der Waals surface area contributed by atoms with E-state index < -0.39 is 42.7 Å². The van der Waals surface area contributed by atoms with Crippen LogP contribution in [0.25, 0.3) is 16.8 Å². The molecule has 0 amide bonds. The number of fused-ring (bicyclic) bond motifs is 3. The zero-order valence-electron chi connectivity index (χ0n) is 14.0. The van der Waals surface area contributed by atoms with Crippen LogP contribution >= 0.6 is 0 Å². The molecule has 0 radical (unpaired) electrons. The van der Waals surface area contributed by atoms with Gasteiger partial charge in [0.1, 0.15) is 24.6 Å². The number of esters is 1. The second-order valence-corrected chi connectivity index (χ2v) is 5.96. The van der Waals surface area contributed by atoms with Crippen molar-refractivity contribution in [2.45, 2.75) is 24.5 Å². The molecule has 4 atom stereocenters. The summed E-state index contributed by atoms with van der Waals surface area (Å²) in [6, 6.07) is 1.02. The number of nitrogens with zero attached hydrogens (tertiary/aromatic N) is 5. The first-order valence-electron chi connectivity index (χ1n) is 7.92. The van der Waals surface area contributed by atoms with Gasteiger partial charge in [-0.05, 0) is 0 Å². The Labute approximate surface area is 150 Å². The number of hydrogen-bond donors (Lipinski definition) is 3. The fourth-order valence-corrected chi connectivity index (χ4v) is 3.03. The van der Waals surface area contributed by atoms with Crippen molar-refractivity contribution in [2.75, 3.05) is 13.7 Å². The summed E-state index contributed by atoms with van der Waals surface area (Å²) in [5.74, 6) is -0.776. The zero-order chi connectivity index (χ0) is 19.3. The van der Waals surface area contributed by atoms with Crippen LogP contribution in [-0.4, -0.2) is 77.2 Å². The summed E-state index contributed by atoms with van der Waals surface area (Å²) in [6.07, 6.45) is -2.12. The summed E-state index contributed by atoms with van der Waals surface area (Å²) < 4.78 is 12.5. The highest BCUT2D eigenvalue weighted by Crippen LogP contribution is 2.31. The van der Waals surface area contributed by atoms with E-state index in [1.54, 1.807) is 0 Å². The van der Waals surface area contributed by atoms with E-state index in [4.69, 9.17) is 4.74 Å². The molecule has 0 aliphatic carbocycles. The number of hydrogen-bond acceptors (Lipinski definition) is 10. The maximum absolute atomic E-state index is 12.2. The maximum Gasteiger partial charge on any atom is 0.356 e. The SMILES string of the molecule is COC(=O)c1cc(=O)n2cnc3c(ncn3[C@@H]3O[C@H](CO)[C@@H](O)[C@H]3O)c2n1. The van der Waals surface area contributed by atoms with Gasteiger partial charge >= 0.3 is 5.97 Å². The third-order valence-electron chi connectivity index (χ3n) is 4.41. The highest BCUT2D eigenvalue weighted by atomic mass is 16.6. The molecule has 1 fully saturated rings. The number of imidazole rings is 1. The van der Waals surface area contributed by atoms with Crippen LogP contribution < -0.4 is 5.56 Å². The van der Waals surface area contributed by atoms with Gasteiger partial charge in [-0.2, -0.15) is 0 Å². The first-order chi connectivity index (χ1) is 13.0. The van der Waals surface area contributed by atoms with Crippen LogP contribution in [0.2, 0.25) is 0 Å². The molecule has 0 unspecified atom stereocenters. The molecule has 4 rings (SSSR count). The lowest BCUT2D eigenvalue weighted by molar-refractivity contribution is -0.0511. The highest BCUT2D eigenvalue weighted by molar-refractivity contribution is 5.90. The lowest BCUT2D eigenvalue weighted by Gasteiger charge is -2.16. The van der Waals surface area contributed by atoms with Crippen molar-refractivity contribution in [1.29, 1.82) is 0 Å². The van der Waals surface area contributed by atoms with Gasteiger partial charge in [-0.1, -0.05) is 0 Å². The summed E-state index contributed by atoms with van der Waals surface area (Å²) in [5, 5.41) is 29.4. The van der Waals surface area contributed by atoms with Crippen molar-refractivity contribution in [3.63, 3.8) is 0 Å². The Morgan fingerprint density at radius 1 is 1.26 bits per heavy atom. The first-order valence-corrected chi connectivity index (χ1v) is 7.92. The standard InChI is InChI=1S/C15H15N5O7/c1-26-15(25)6-2-8(22)19-5-17-12-9(13(19)18-6)16-4-20(12)14-11(24)10(23)7(3-21)27-14/h2,4-5,7,10-11,14,21,23-24H,3H2,1H3/t7-,10-,11-,14-/m1/s1. The molecule has 12 heteroatoms. The Balaban J connectivity index is 1.89. The van der Waals surface area contributed by atoms with E-state index in [0.717, 1.165) is 10.5 Å². The monoisotopic (exact) mass is 377 g/mol. The molecule has 12 nitrogen and oxygen atoms in total. The predicted octanol–water partition coefficient (Wildman–Crippen LogP) is -2.16. The number of carbonyl (C=O) groups is 1. The Kier molecular flexibility index (Phi) is 4.11. The molecule has 0 saturated carbocycles. The minimum Gasteiger partial charge on any atom is -0.464 e. The Morgan fingerprint density at radius 2 is 2.04 bits per heavy atom. The van der Waals surface area contributed by atoms with Gasteiger partial charge in [-0.15, -0.1) is 0 Å². The molecule has 142 valence electrons. The van der Waals surface area contributed by atoms with Crippen LogP contribution in [0.5, 0.6) is 0 Å². The minimum atomic E-state index is -1.32. The molecular weight excluding hydrogens is 362 g/mol. The van der Waals surface area contributed by atoms with E-state index in [-0.39, 0.29) is 22.5 Å². The van der Waals surface area contributed by atoms with Gasteiger partial charge in [0.05, 0.1) is 20.0 Å². The van der Waals surface area contributed by atoms with E-state index in [2.05, 4.69) is 19.7 Å². The zero-order valence-corrected chi connectivity index (χ0v) is 14.0. The van der Waals surface area contributed by atoms with Gasteiger partial charge in [0, 0.05) is 6.07 Å².